The lowest BCUT2D eigenvalue weighted by atomic mass is 10.1. The van der Waals surface area contributed by atoms with E-state index in [4.69, 9.17) is 11.6 Å². The summed E-state index contributed by atoms with van der Waals surface area (Å²) < 4.78 is 62.6. The number of Topliss-reactive ketones (excluding diaryl/α,β-unsaturated/α-hetero) is 1. The zero-order valence-corrected chi connectivity index (χ0v) is 10.9. The number of thioether (sulfide) groups is 1. The van der Waals surface area contributed by atoms with E-state index in [0.717, 1.165) is 6.07 Å². The van der Waals surface area contributed by atoms with E-state index in [9.17, 15) is 26.7 Å². The van der Waals surface area contributed by atoms with Crippen molar-refractivity contribution in [2.24, 2.45) is 0 Å². The molecule has 1 nitrogen and oxygen atoms in total. The SMILES string of the molecule is O=C(CCl)Cc1cccc(C(F)F)c1SC(F)(F)F. The summed E-state index contributed by atoms with van der Waals surface area (Å²) in [6.45, 7) is 0. The topological polar surface area (TPSA) is 17.1 Å². The molecule has 0 N–H and O–H groups in total. The molecular weight excluding hydrogens is 311 g/mol. The van der Waals surface area contributed by atoms with Gasteiger partial charge in [0.25, 0.3) is 6.43 Å². The predicted molar refractivity (Wildman–Crippen MR) is 62.7 cm³/mol. The third-order valence-corrected chi connectivity index (χ3v) is 3.35. The van der Waals surface area contributed by atoms with Crippen LogP contribution in [-0.4, -0.2) is 17.2 Å². The first-order valence-corrected chi connectivity index (χ1v) is 6.33. The summed E-state index contributed by atoms with van der Waals surface area (Å²) >= 11 is 4.62. The standard InChI is InChI=1S/C11H8ClF5OS/c12-5-7(18)4-6-2-1-3-8(10(13)14)9(6)19-11(15,16)17/h1-3,10H,4-5H2. The van der Waals surface area contributed by atoms with Crippen LogP contribution in [0.25, 0.3) is 0 Å². The third kappa shape index (κ3) is 4.99. The predicted octanol–water partition coefficient (Wildman–Crippen LogP) is 4.59. The van der Waals surface area contributed by atoms with E-state index < -0.39 is 46.4 Å². The van der Waals surface area contributed by atoms with E-state index in [1.165, 1.54) is 12.1 Å². The number of rotatable bonds is 5. The number of benzene rings is 1. The molecule has 0 aromatic heterocycles. The molecule has 1 aromatic carbocycles. The maximum absolute atomic E-state index is 12.7. The Kier molecular flexibility index (Phi) is 5.61. The lowest BCUT2D eigenvalue weighted by molar-refractivity contribution is -0.116. The van der Waals surface area contributed by atoms with Gasteiger partial charge in [-0.15, -0.1) is 11.6 Å². The molecule has 0 fully saturated rings. The van der Waals surface area contributed by atoms with Crippen molar-refractivity contribution < 1.29 is 26.7 Å². The summed E-state index contributed by atoms with van der Waals surface area (Å²) in [5.74, 6) is -0.910. The van der Waals surface area contributed by atoms with Gasteiger partial charge in [-0.25, -0.2) is 8.78 Å². The lowest BCUT2D eigenvalue weighted by Crippen LogP contribution is -2.09. The number of ketones is 1. The Bertz CT molecular complexity index is 461. The maximum atomic E-state index is 12.7. The van der Waals surface area contributed by atoms with Gasteiger partial charge in [-0.3, -0.25) is 4.79 Å². The van der Waals surface area contributed by atoms with Gasteiger partial charge in [0.2, 0.25) is 0 Å². The summed E-state index contributed by atoms with van der Waals surface area (Å²) in [5.41, 5.74) is -5.53. The Morgan fingerprint density at radius 3 is 2.42 bits per heavy atom. The van der Waals surface area contributed by atoms with Crippen molar-refractivity contribution in [3.8, 4) is 0 Å². The lowest BCUT2D eigenvalue weighted by Gasteiger charge is -2.14. The van der Waals surface area contributed by atoms with Gasteiger partial charge in [-0.2, -0.15) is 13.2 Å². The highest BCUT2D eigenvalue weighted by atomic mass is 35.5. The van der Waals surface area contributed by atoms with Crippen molar-refractivity contribution in [2.75, 3.05) is 5.88 Å². The quantitative estimate of drug-likeness (QED) is 0.449. The zero-order chi connectivity index (χ0) is 14.6. The van der Waals surface area contributed by atoms with Crippen LogP contribution in [0.4, 0.5) is 22.0 Å². The van der Waals surface area contributed by atoms with Crippen molar-refractivity contribution in [3.63, 3.8) is 0 Å². The highest BCUT2D eigenvalue weighted by Crippen LogP contribution is 2.43. The van der Waals surface area contributed by atoms with E-state index in [2.05, 4.69) is 0 Å². The van der Waals surface area contributed by atoms with E-state index in [0.29, 0.717) is 0 Å². The molecule has 0 spiro atoms. The maximum Gasteiger partial charge on any atom is 0.446 e. The Morgan fingerprint density at radius 2 is 1.95 bits per heavy atom. The summed E-state index contributed by atoms with van der Waals surface area (Å²) in [5, 5.41) is 0. The van der Waals surface area contributed by atoms with Gasteiger partial charge < -0.3 is 0 Å². The molecule has 19 heavy (non-hydrogen) atoms. The second kappa shape index (κ2) is 6.56. The average molecular weight is 319 g/mol. The number of carbonyl (C=O) groups is 1. The Morgan fingerprint density at radius 1 is 1.32 bits per heavy atom. The van der Waals surface area contributed by atoms with E-state index >= 15 is 0 Å². The van der Waals surface area contributed by atoms with Crippen molar-refractivity contribution in [3.05, 3.63) is 29.3 Å². The Balaban J connectivity index is 3.21. The molecule has 0 atom stereocenters. The molecule has 0 radical (unpaired) electrons. The van der Waals surface area contributed by atoms with Crippen LogP contribution in [0, 0.1) is 0 Å². The van der Waals surface area contributed by atoms with Gasteiger partial charge in [0.05, 0.1) is 5.88 Å². The monoisotopic (exact) mass is 318 g/mol. The fourth-order valence-electron chi connectivity index (χ4n) is 1.42. The fourth-order valence-corrected chi connectivity index (χ4v) is 2.29. The van der Waals surface area contributed by atoms with Gasteiger partial charge in [-0.1, -0.05) is 18.2 Å². The van der Waals surface area contributed by atoms with E-state index in [1.54, 1.807) is 0 Å². The molecule has 0 heterocycles. The minimum Gasteiger partial charge on any atom is -0.298 e. The fraction of sp³-hybridized carbons (Fsp3) is 0.364. The zero-order valence-electron chi connectivity index (χ0n) is 9.31. The van der Waals surface area contributed by atoms with Gasteiger partial charge in [0.1, 0.15) is 0 Å². The summed E-state index contributed by atoms with van der Waals surface area (Å²) in [4.78, 5) is 10.5. The molecule has 0 bridgehead atoms. The van der Waals surface area contributed by atoms with Crippen LogP contribution in [0.15, 0.2) is 23.1 Å². The van der Waals surface area contributed by atoms with E-state index in [1.807, 2.05) is 0 Å². The number of hydrogen-bond donors (Lipinski definition) is 0. The molecule has 0 aliphatic rings. The van der Waals surface area contributed by atoms with Crippen LogP contribution in [0.5, 0.6) is 0 Å². The van der Waals surface area contributed by atoms with Crippen molar-refractivity contribution >= 4 is 29.1 Å². The largest absolute Gasteiger partial charge is 0.446 e. The summed E-state index contributed by atoms with van der Waals surface area (Å²) in [6.07, 6.45) is -3.45. The number of alkyl halides is 6. The first kappa shape index (κ1) is 16.2. The normalized spacial score (nSPS) is 11.9. The highest BCUT2D eigenvalue weighted by molar-refractivity contribution is 8.00. The van der Waals surface area contributed by atoms with Crippen LogP contribution < -0.4 is 0 Å². The molecule has 0 saturated heterocycles. The molecule has 0 unspecified atom stereocenters. The summed E-state index contributed by atoms with van der Waals surface area (Å²) in [6, 6.07) is 3.32. The molecule has 106 valence electrons. The molecule has 8 heteroatoms. The van der Waals surface area contributed by atoms with Crippen LogP contribution in [-0.2, 0) is 11.2 Å². The Labute approximate surface area is 115 Å². The van der Waals surface area contributed by atoms with Crippen molar-refractivity contribution in [1.82, 2.24) is 0 Å². The van der Waals surface area contributed by atoms with Gasteiger partial charge in [-0.05, 0) is 17.3 Å². The van der Waals surface area contributed by atoms with Crippen LogP contribution in [0.1, 0.15) is 17.6 Å². The van der Waals surface area contributed by atoms with Crippen LogP contribution >= 0.6 is 23.4 Å². The minimum atomic E-state index is -4.70. The van der Waals surface area contributed by atoms with Crippen molar-refractivity contribution in [2.45, 2.75) is 23.3 Å². The van der Waals surface area contributed by atoms with Crippen molar-refractivity contribution in [1.29, 1.82) is 0 Å². The number of halogens is 6. The smallest absolute Gasteiger partial charge is 0.298 e. The molecule has 1 rings (SSSR count). The second-order valence-electron chi connectivity index (χ2n) is 3.53. The minimum absolute atomic E-state index is 0.0919. The highest BCUT2D eigenvalue weighted by Gasteiger charge is 2.33. The van der Waals surface area contributed by atoms with Crippen LogP contribution in [0.2, 0.25) is 0 Å². The molecular formula is C11H8ClF5OS. The molecule has 1 aromatic rings. The van der Waals surface area contributed by atoms with Gasteiger partial charge >= 0.3 is 5.51 Å². The first-order valence-electron chi connectivity index (χ1n) is 4.98. The number of carbonyl (C=O) groups excluding carboxylic acids is 1. The van der Waals surface area contributed by atoms with Gasteiger partial charge in [0, 0.05) is 16.9 Å². The molecule has 0 aliphatic carbocycles. The summed E-state index contributed by atoms with van der Waals surface area (Å²) in [7, 11) is 0. The van der Waals surface area contributed by atoms with E-state index in [-0.39, 0.29) is 11.4 Å². The first-order chi connectivity index (χ1) is 8.74. The second-order valence-corrected chi connectivity index (χ2v) is 4.88. The molecule has 0 aliphatic heterocycles. The average Bonchev–Trinajstić information content (AvgIpc) is 2.28. The molecule has 0 amide bonds. The number of hydrogen-bond acceptors (Lipinski definition) is 2. The Hall–Kier alpha value is -0.820. The van der Waals surface area contributed by atoms with Gasteiger partial charge in [0.15, 0.2) is 5.78 Å². The third-order valence-electron chi connectivity index (χ3n) is 2.12. The van der Waals surface area contributed by atoms with Crippen LogP contribution in [0.3, 0.4) is 0 Å². The molecule has 0 saturated carbocycles.